The molecule has 0 aliphatic heterocycles. The predicted molar refractivity (Wildman–Crippen MR) is 51.0 cm³/mol. The summed E-state index contributed by atoms with van der Waals surface area (Å²) < 4.78 is 0. The third-order valence-electron chi connectivity index (χ3n) is 3.24. The third kappa shape index (κ3) is 2.11. The van der Waals surface area contributed by atoms with Crippen molar-refractivity contribution < 1.29 is 0 Å². The van der Waals surface area contributed by atoms with E-state index < -0.39 is 0 Å². The molecule has 3 unspecified atom stereocenters. The Bertz CT molecular complexity index is 99.4. The molecular weight excluding hydrogens is 156 g/mol. The quantitative estimate of drug-likeness (QED) is 0.573. The Morgan fingerprint density at radius 2 is 1.73 bits per heavy atom. The van der Waals surface area contributed by atoms with Crippen molar-refractivity contribution in [2.45, 2.75) is 39.5 Å². The standard InChI is InChI=1S/C10H19Cl/c1-3-8-5-9(4-2)10(6-8)7-11/h8-10H,3-7H2,1-2H3. The van der Waals surface area contributed by atoms with E-state index >= 15 is 0 Å². The second-order valence-corrected chi connectivity index (χ2v) is 4.14. The highest BCUT2D eigenvalue weighted by atomic mass is 35.5. The maximum Gasteiger partial charge on any atom is 0.0254 e. The molecule has 1 heteroatoms. The number of alkyl halides is 1. The average Bonchev–Trinajstić information content (AvgIpc) is 2.46. The summed E-state index contributed by atoms with van der Waals surface area (Å²) >= 11 is 5.90. The van der Waals surface area contributed by atoms with Gasteiger partial charge in [0.05, 0.1) is 0 Å². The van der Waals surface area contributed by atoms with E-state index in [1.165, 1.54) is 25.7 Å². The molecule has 0 nitrogen and oxygen atoms in total. The molecule has 1 fully saturated rings. The molecule has 0 saturated heterocycles. The first kappa shape index (κ1) is 9.38. The maximum atomic E-state index is 5.90. The van der Waals surface area contributed by atoms with Gasteiger partial charge in [-0.3, -0.25) is 0 Å². The van der Waals surface area contributed by atoms with Crippen LogP contribution in [-0.2, 0) is 0 Å². The normalized spacial score (nSPS) is 37.9. The number of rotatable bonds is 3. The molecular formula is C10H19Cl. The summed E-state index contributed by atoms with van der Waals surface area (Å²) in [6, 6.07) is 0. The van der Waals surface area contributed by atoms with Crippen LogP contribution in [0.4, 0.5) is 0 Å². The van der Waals surface area contributed by atoms with E-state index in [9.17, 15) is 0 Å². The van der Waals surface area contributed by atoms with Crippen LogP contribution in [0, 0.1) is 17.8 Å². The van der Waals surface area contributed by atoms with Gasteiger partial charge in [0.25, 0.3) is 0 Å². The summed E-state index contributed by atoms with van der Waals surface area (Å²) in [6.45, 7) is 4.59. The molecule has 0 aromatic carbocycles. The molecule has 11 heavy (non-hydrogen) atoms. The van der Waals surface area contributed by atoms with Crippen molar-refractivity contribution in [1.29, 1.82) is 0 Å². The van der Waals surface area contributed by atoms with Gasteiger partial charge in [-0.15, -0.1) is 11.6 Å². The molecule has 1 saturated carbocycles. The van der Waals surface area contributed by atoms with Crippen molar-refractivity contribution in [2.24, 2.45) is 17.8 Å². The summed E-state index contributed by atoms with van der Waals surface area (Å²) in [5.41, 5.74) is 0. The van der Waals surface area contributed by atoms with Crippen LogP contribution in [0.1, 0.15) is 39.5 Å². The van der Waals surface area contributed by atoms with E-state index in [1.54, 1.807) is 0 Å². The Hall–Kier alpha value is 0.290. The first-order valence-electron chi connectivity index (χ1n) is 4.87. The van der Waals surface area contributed by atoms with Crippen LogP contribution in [0.2, 0.25) is 0 Å². The van der Waals surface area contributed by atoms with Crippen molar-refractivity contribution in [3.05, 3.63) is 0 Å². The molecule has 0 aromatic heterocycles. The Labute approximate surface area is 75.3 Å². The fourth-order valence-corrected chi connectivity index (χ4v) is 2.74. The van der Waals surface area contributed by atoms with Gasteiger partial charge in [0.1, 0.15) is 0 Å². The Morgan fingerprint density at radius 3 is 2.09 bits per heavy atom. The van der Waals surface area contributed by atoms with Crippen LogP contribution in [0.25, 0.3) is 0 Å². The molecule has 1 rings (SSSR count). The molecule has 0 amide bonds. The largest absolute Gasteiger partial charge is 0.126 e. The van der Waals surface area contributed by atoms with Crippen molar-refractivity contribution in [1.82, 2.24) is 0 Å². The predicted octanol–water partition coefficient (Wildman–Crippen LogP) is 3.69. The van der Waals surface area contributed by atoms with E-state index in [1.807, 2.05) is 0 Å². The zero-order chi connectivity index (χ0) is 8.27. The Morgan fingerprint density at radius 1 is 1.09 bits per heavy atom. The SMILES string of the molecule is CCC1CC(CC)C(CCl)C1. The van der Waals surface area contributed by atoms with Gasteiger partial charge in [-0.25, -0.2) is 0 Å². The highest BCUT2D eigenvalue weighted by molar-refractivity contribution is 6.18. The van der Waals surface area contributed by atoms with E-state index in [-0.39, 0.29) is 0 Å². The summed E-state index contributed by atoms with van der Waals surface area (Å²) in [7, 11) is 0. The van der Waals surface area contributed by atoms with Gasteiger partial charge in [0, 0.05) is 5.88 Å². The topological polar surface area (TPSA) is 0 Å². The minimum Gasteiger partial charge on any atom is -0.126 e. The molecule has 0 radical (unpaired) electrons. The molecule has 66 valence electrons. The molecule has 0 spiro atoms. The second-order valence-electron chi connectivity index (χ2n) is 3.83. The molecule has 1 aliphatic carbocycles. The summed E-state index contributed by atoms with van der Waals surface area (Å²) in [5.74, 6) is 3.61. The lowest BCUT2D eigenvalue weighted by atomic mass is 9.95. The monoisotopic (exact) mass is 174 g/mol. The summed E-state index contributed by atoms with van der Waals surface area (Å²) in [4.78, 5) is 0. The van der Waals surface area contributed by atoms with Crippen LogP contribution in [0.3, 0.4) is 0 Å². The molecule has 0 N–H and O–H groups in total. The highest BCUT2D eigenvalue weighted by Gasteiger charge is 2.30. The van der Waals surface area contributed by atoms with Crippen LogP contribution < -0.4 is 0 Å². The minimum absolute atomic E-state index is 0.826. The molecule has 0 aromatic rings. The molecule has 0 bridgehead atoms. The summed E-state index contributed by atoms with van der Waals surface area (Å²) in [5, 5.41) is 0. The zero-order valence-corrected chi connectivity index (χ0v) is 8.40. The second kappa shape index (κ2) is 4.35. The van der Waals surface area contributed by atoms with E-state index in [2.05, 4.69) is 13.8 Å². The number of halogens is 1. The fraction of sp³-hybridized carbons (Fsp3) is 1.00. The van der Waals surface area contributed by atoms with Crippen molar-refractivity contribution in [3.63, 3.8) is 0 Å². The van der Waals surface area contributed by atoms with Gasteiger partial charge in [0.15, 0.2) is 0 Å². The van der Waals surface area contributed by atoms with Crippen molar-refractivity contribution >= 4 is 11.6 Å². The number of hydrogen-bond acceptors (Lipinski definition) is 0. The Kier molecular flexibility index (Phi) is 3.71. The van der Waals surface area contributed by atoms with Crippen LogP contribution in [0.5, 0.6) is 0 Å². The highest BCUT2D eigenvalue weighted by Crippen LogP contribution is 2.40. The average molecular weight is 175 g/mol. The van der Waals surface area contributed by atoms with Gasteiger partial charge in [-0.05, 0) is 30.6 Å². The molecule has 0 heterocycles. The first-order chi connectivity index (χ1) is 5.31. The lowest BCUT2D eigenvalue weighted by Gasteiger charge is -2.13. The first-order valence-corrected chi connectivity index (χ1v) is 5.41. The van der Waals surface area contributed by atoms with Gasteiger partial charge in [-0.1, -0.05) is 26.7 Å². The van der Waals surface area contributed by atoms with E-state index in [0.717, 1.165) is 23.6 Å². The van der Waals surface area contributed by atoms with Crippen LogP contribution in [0.15, 0.2) is 0 Å². The fourth-order valence-electron chi connectivity index (χ4n) is 2.36. The van der Waals surface area contributed by atoms with Gasteiger partial charge in [0.2, 0.25) is 0 Å². The maximum absolute atomic E-state index is 5.90. The lowest BCUT2D eigenvalue weighted by molar-refractivity contribution is 0.410. The lowest BCUT2D eigenvalue weighted by Crippen LogP contribution is -2.07. The number of hydrogen-bond donors (Lipinski definition) is 0. The van der Waals surface area contributed by atoms with Gasteiger partial charge >= 0.3 is 0 Å². The van der Waals surface area contributed by atoms with E-state index in [0.29, 0.717) is 0 Å². The zero-order valence-electron chi connectivity index (χ0n) is 7.65. The molecule has 3 atom stereocenters. The van der Waals surface area contributed by atoms with E-state index in [4.69, 9.17) is 11.6 Å². The van der Waals surface area contributed by atoms with Gasteiger partial charge < -0.3 is 0 Å². The third-order valence-corrected chi connectivity index (χ3v) is 3.64. The van der Waals surface area contributed by atoms with Crippen molar-refractivity contribution in [2.75, 3.05) is 5.88 Å². The van der Waals surface area contributed by atoms with Crippen molar-refractivity contribution in [3.8, 4) is 0 Å². The Balaban J connectivity index is 2.41. The molecule has 1 aliphatic rings. The van der Waals surface area contributed by atoms with Gasteiger partial charge in [-0.2, -0.15) is 0 Å². The minimum atomic E-state index is 0.826. The summed E-state index contributed by atoms with van der Waals surface area (Å²) in [6.07, 6.45) is 5.50. The van der Waals surface area contributed by atoms with Crippen LogP contribution >= 0.6 is 11.6 Å². The smallest absolute Gasteiger partial charge is 0.0254 e. The van der Waals surface area contributed by atoms with Crippen LogP contribution in [-0.4, -0.2) is 5.88 Å².